The highest BCUT2D eigenvalue weighted by Gasteiger charge is 2.24. The van der Waals surface area contributed by atoms with E-state index in [1.54, 1.807) is 24.3 Å². The number of hydrogen-bond acceptors (Lipinski definition) is 10. The number of hydrogen-bond donors (Lipinski definition) is 1. The number of ketones is 1. The first-order valence-electron chi connectivity index (χ1n) is 12.5. The molecule has 0 fully saturated rings. The van der Waals surface area contributed by atoms with E-state index in [1.807, 2.05) is 13.8 Å². The lowest BCUT2D eigenvalue weighted by molar-refractivity contribution is -0.384. The van der Waals surface area contributed by atoms with Gasteiger partial charge < -0.3 is 19.7 Å². The molecule has 3 aromatic rings. The minimum absolute atomic E-state index is 0.000573. The molecule has 3 rings (SSSR count). The molecule has 0 aliphatic carbocycles. The van der Waals surface area contributed by atoms with Gasteiger partial charge in [0.25, 0.3) is 11.6 Å². The number of anilines is 2. The zero-order valence-electron chi connectivity index (χ0n) is 22.9. The van der Waals surface area contributed by atoms with E-state index in [1.165, 1.54) is 30.3 Å². The van der Waals surface area contributed by atoms with Gasteiger partial charge in [-0.3, -0.25) is 19.7 Å². The fourth-order valence-corrected chi connectivity index (χ4v) is 3.89. The fraction of sp³-hybridized carbons (Fsp3) is 0.207. The normalized spacial score (nSPS) is 10.9. The van der Waals surface area contributed by atoms with Crippen molar-refractivity contribution in [1.82, 2.24) is 0 Å². The molecule has 12 heteroatoms. The fourth-order valence-electron chi connectivity index (χ4n) is 3.89. The molecule has 0 heterocycles. The minimum atomic E-state index is -0.945. The van der Waals surface area contributed by atoms with E-state index in [4.69, 9.17) is 9.47 Å². The summed E-state index contributed by atoms with van der Waals surface area (Å²) in [6.07, 6.45) is 0. The van der Waals surface area contributed by atoms with E-state index < -0.39 is 34.3 Å². The Kier molecular flexibility index (Phi) is 10.0. The molecule has 0 aliphatic heterocycles. The monoisotopic (exact) mass is 560 g/mol. The number of nitrogens with one attached hydrogen (secondary N) is 1. The van der Waals surface area contributed by atoms with Crippen LogP contribution in [-0.4, -0.2) is 61.6 Å². The topological polar surface area (TPSA) is 158 Å². The zero-order chi connectivity index (χ0) is 30.1. The third kappa shape index (κ3) is 7.38. The number of nitrogens with zero attached hydrogens (tertiary/aromatic N) is 3. The predicted molar refractivity (Wildman–Crippen MR) is 152 cm³/mol. The van der Waals surface area contributed by atoms with E-state index >= 15 is 0 Å². The van der Waals surface area contributed by atoms with Crippen LogP contribution >= 0.6 is 0 Å². The number of carbonyl (C=O) groups is 4. The number of aliphatic imine (C=N–C) groups is 1. The van der Waals surface area contributed by atoms with Gasteiger partial charge >= 0.3 is 11.9 Å². The molecule has 1 N–H and O–H groups in total. The number of carbonyl (C=O) groups excluding carboxylic acids is 4. The van der Waals surface area contributed by atoms with Crippen molar-refractivity contribution in [3.63, 3.8) is 0 Å². The second-order valence-electron chi connectivity index (χ2n) is 8.52. The van der Waals surface area contributed by atoms with E-state index in [0.29, 0.717) is 5.69 Å². The van der Waals surface area contributed by atoms with Gasteiger partial charge in [0.2, 0.25) is 5.78 Å². The van der Waals surface area contributed by atoms with Gasteiger partial charge in [-0.2, -0.15) is 0 Å². The number of nitro groups is 1. The largest absolute Gasteiger partial charge is 0.465 e. The molecule has 41 heavy (non-hydrogen) atoms. The molecule has 0 unspecified atom stereocenters. The highest BCUT2D eigenvalue weighted by atomic mass is 16.6. The summed E-state index contributed by atoms with van der Waals surface area (Å²) in [5, 5.41) is 13.6. The van der Waals surface area contributed by atoms with Crippen molar-refractivity contribution in [1.29, 1.82) is 0 Å². The number of benzene rings is 3. The molecular weight excluding hydrogens is 532 g/mol. The number of nitro benzene ring substituents is 1. The molecule has 12 nitrogen and oxygen atoms in total. The smallest absolute Gasteiger partial charge is 0.337 e. The predicted octanol–water partition coefficient (Wildman–Crippen LogP) is 4.61. The highest BCUT2D eigenvalue weighted by molar-refractivity contribution is 6.70. The van der Waals surface area contributed by atoms with Crippen LogP contribution in [0.15, 0.2) is 71.7 Å². The van der Waals surface area contributed by atoms with Crippen molar-refractivity contribution < 1.29 is 33.6 Å². The standard InChI is InChI=1S/C29H28N4O8/c1-5-32(6-2)23-13-9-21(10-14-23)30-25(26(34)18-7-11-24(12-8-18)33(38)39)27(35)31-22-16-19(28(36)40-3)15-20(17-22)29(37)41-4/h7-17H,5-6H2,1-4H3,(H,31,35). The number of methoxy groups -OCH3 is 2. The average Bonchev–Trinajstić information content (AvgIpc) is 2.99. The van der Waals surface area contributed by atoms with Crippen molar-refractivity contribution in [2.75, 3.05) is 37.5 Å². The molecule has 0 saturated carbocycles. The Morgan fingerprint density at radius 1 is 0.829 bits per heavy atom. The van der Waals surface area contributed by atoms with Crippen molar-refractivity contribution in [2.45, 2.75) is 13.8 Å². The molecule has 0 radical (unpaired) electrons. The molecule has 0 aromatic heterocycles. The molecule has 0 saturated heterocycles. The van der Waals surface area contributed by atoms with Gasteiger partial charge in [0.1, 0.15) is 0 Å². The summed E-state index contributed by atoms with van der Waals surface area (Å²) in [6, 6.07) is 15.4. The number of Topliss-reactive ketones (excluding diaryl/α,β-unsaturated/α-hetero) is 1. The first kappa shape index (κ1) is 30.2. The van der Waals surface area contributed by atoms with E-state index in [2.05, 4.69) is 15.2 Å². The SMILES string of the molecule is CCN(CC)c1ccc(N=C(C(=O)Nc2cc(C(=O)OC)cc(C(=O)OC)c2)C(=O)c2ccc([N+](=O)[O-])cc2)cc1. The Hall–Kier alpha value is -5.39. The summed E-state index contributed by atoms with van der Waals surface area (Å²) in [7, 11) is 2.31. The van der Waals surface area contributed by atoms with Gasteiger partial charge in [0.15, 0.2) is 5.71 Å². The number of amides is 1. The summed E-state index contributed by atoms with van der Waals surface area (Å²) >= 11 is 0. The lowest BCUT2D eigenvalue weighted by Crippen LogP contribution is -2.30. The Morgan fingerprint density at radius 2 is 1.37 bits per heavy atom. The van der Waals surface area contributed by atoms with Gasteiger partial charge in [0, 0.05) is 42.2 Å². The van der Waals surface area contributed by atoms with Crippen LogP contribution in [0, 0.1) is 10.1 Å². The second-order valence-corrected chi connectivity index (χ2v) is 8.52. The maximum Gasteiger partial charge on any atom is 0.337 e. The number of ether oxygens (including phenoxy) is 2. The lowest BCUT2D eigenvalue weighted by Gasteiger charge is -2.20. The average molecular weight is 561 g/mol. The van der Waals surface area contributed by atoms with Crippen LogP contribution in [0.5, 0.6) is 0 Å². The summed E-state index contributed by atoms with van der Waals surface area (Å²) in [5.41, 5.74) is 0.374. The minimum Gasteiger partial charge on any atom is -0.465 e. The first-order chi connectivity index (χ1) is 19.6. The number of esters is 2. The highest BCUT2D eigenvalue weighted by Crippen LogP contribution is 2.22. The molecule has 0 spiro atoms. The van der Waals surface area contributed by atoms with Gasteiger partial charge in [-0.05, 0) is 68.4 Å². The first-order valence-corrected chi connectivity index (χ1v) is 12.5. The van der Waals surface area contributed by atoms with Crippen LogP contribution in [-0.2, 0) is 14.3 Å². The maximum absolute atomic E-state index is 13.5. The van der Waals surface area contributed by atoms with Crippen molar-refractivity contribution in [3.8, 4) is 0 Å². The van der Waals surface area contributed by atoms with Crippen molar-refractivity contribution in [2.24, 2.45) is 4.99 Å². The lowest BCUT2D eigenvalue weighted by atomic mass is 10.0. The van der Waals surface area contributed by atoms with Crippen LogP contribution in [0.4, 0.5) is 22.7 Å². The zero-order valence-corrected chi connectivity index (χ0v) is 22.9. The van der Waals surface area contributed by atoms with Crippen LogP contribution < -0.4 is 10.2 Å². The van der Waals surface area contributed by atoms with Crippen LogP contribution in [0.3, 0.4) is 0 Å². The Labute approximate surface area is 235 Å². The molecular formula is C29H28N4O8. The molecule has 1 amide bonds. The van der Waals surface area contributed by atoms with Gasteiger partial charge in [-0.15, -0.1) is 0 Å². The van der Waals surface area contributed by atoms with Crippen LogP contribution in [0.2, 0.25) is 0 Å². The molecule has 212 valence electrons. The molecule has 3 aromatic carbocycles. The summed E-state index contributed by atoms with van der Waals surface area (Å²) < 4.78 is 9.45. The summed E-state index contributed by atoms with van der Waals surface area (Å²) in [4.78, 5) is 68.1. The van der Waals surface area contributed by atoms with Gasteiger partial charge in [0.05, 0.1) is 36.0 Å². The van der Waals surface area contributed by atoms with Crippen LogP contribution in [0.1, 0.15) is 44.9 Å². The van der Waals surface area contributed by atoms with E-state index in [0.717, 1.165) is 45.1 Å². The number of non-ortho nitro benzene ring substituents is 1. The summed E-state index contributed by atoms with van der Waals surface area (Å²) in [6.45, 7) is 5.59. The maximum atomic E-state index is 13.5. The Bertz CT molecular complexity index is 1460. The Balaban J connectivity index is 2.06. The quantitative estimate of drug-likeness (QED) is 0.0883. The second kappa shape index (κ2) is 13.6. The van der Waals surface area contributed by atoms with E-state index in [9.17, 15) is 29.3 Å². The van der Waals surface area contributed by atoms with Crippen molar-refractivity contribution >= 4 is 52.1 Å². The van der Waals surface area contributed by atoms with E-state index in [-0.39, 0.29) is 28.1 Å². The molecule has 0 bridgehead atoms. The molecule has 0 atom stereocenters. The van der Waals surface area contributed by atoms with Crippen LogP contribution in [0.25, 0.3) is 0 Å². The third-order valence-corrected chi connectivity index (χ3v) is 6.02. The van der Waals surface area contributed by atoms with Gasteiger partial charge in [-0.25, -0.2) is 14.6 Å². The Morgan fingerprint density at radius 3 is 1.83 bits per heavy atom. The molecule has 0 aliphatic rings. The van der Waals surface area contributed by atoms with Gasteiger partial charge in [-0.1, -0.05) is 0 Å². The summed E-state index contributed by atoms with van der Waals surface area (Å²) in [5.74, 6) is -3.28. The van der Waals surface area contributed by atoms with Crippen molar-refractivity contribution in [3.05, 3.63) is 93.5 Å². The third-order valence-electron chi connectivity index (χ3n) is 6.02. The number of rotatable bonds is 11.